The van der Waals surface area contributed by atoms with Crippen LogP contribution in [0.3, 0.4) is 0 Å². The number of carbonyl (C=O) groups excluding carboxylic acids is 1. The molecule has 1 N–H and O–H groups in total. The van der Waals surface area contributed by atoms with E-state index in [1.54, 1.807) is 11.8 Å². The van der Waals surface area contributed by atoms with Gasteiger partial charge in [0, 0.05) is 31.5 Å². The number of ether oxygens (including phenoxy) is 1. The standard InChI is InChI=1S/C13H20F2N4O2/c1-2-21-13(20)18-6-3-10(4-7-18)17-9-11-16-5-8-19(11)12(14)15/h5,8,10,12,17H,2-4,6-7,9H2,1H3. The van der Waals surface area contributed by atoms with Crippen molar-refractivity contribution in [3.63, 3.8) is 0 Å². The Kier molecular flexibility index (Phi) is 5.49. The molecule has 0 saturated carbocycles. The number of imidazole rings is 1. The van der Waals surface area contributed by atoms with Crippen LogP contribution in [0.25, 0.3) is 0 Å². The molecule has 0 atom stereocenters. The lowest BCUT2D eigenvalue weighted by molar-refractivity contribution is 0.0659. The molecule has 0 spiro atoms. The highest BCUT2D eigenvalue weighted by Crippen LogP contribution is 2.14. The summed E-state index contributed by atoms with van der Waals surface area (Å²) in [5, 5.41) is 3.22. The SMILES string of the molecule is CCOC(=O)N1CCC(NCc2nccn2C(F)F)CC1. The Labute approximate surface area is 122 Å². The number of rotatable bonds is 5. The molecule has 1 aliphatic rings. The fraction of sp³-hybridized carbons (Fsp3) is 0.692. The minimum Gasteiger partial charge on any atom is -0.450 e. The first-order valence-corrected chi connectivity index (χ1v) is 7.06. The van der Waals surface area contributed by atoms with E-state index in [9.17, 15) is 13.6 Å². The van der Waals surface area contributed by atoms with E-state index in [1.807, 2.05) is 0 Å². The predicted molar refractivity (Wildman–Crippen MR) is 71.9 cm³/mol. The van der Waals surface area contributed by atoms with Crippen LogP contribution in [-0.4, -0.2) is 46.3 Å². The van der Waals surface area contributed by atoms with Crippen LogP contribution in [0.4, 0.5) is 13.6 Å². The molecular formula is C13H20F2N4O2. The number of piperidine rings is 1. The van der Waals surface area contributed by atoms with E-state index < -0.39 is 6.55 Å². The Morgan fingerprint density at radius 2 is 2.24 bits per heavy atom. The van der Waals surface area contributed by atoms with Gasteiger partial charge in [-0.25, -0.2) is 9.78 Å². The molecular weight excluding hydrogens is 282 g/mol. The van der Waals surface area contributed by atoms with Crippen molar-refractivity contribution < 1.29 is 18.3 Å². The van der Waals surface area contributed by atoms with Crippen LogP contribution < -0.4 is 5.32 Å². The smallest absolute Gasteiger partial charge is 0.409 e. The highest BCUT2D eigenvalue weighted by molar-refractivity contribution is 5.67. The first-order chi connectivity index (χ1) is 10.1. The van der Waals surface area contributed by atoms with Gasteiger partial charge in [-0.1, -0.05) is 0 Å². The number of nitrogens with zero attached hydrogens (tertiary/aromatic N) is 3. The molecule has 0 unspecified atom stereocenters. The van der Waals surface area contributed by atoms with Crippen molar-refractivity contribution >= 4 is 6.09 Å². The highest BCUT2D eigenvalue weighted by atomic mass is 19.3. The Balaban J connectivity index is 1.76. The van der Waals surface area contributed by atoms with Crippen LogP contribution >= 0.6 is 0 Å². The van der Waals surface area contributed by atoms with Crippen molar-refractivity contribution in [3.8, 4) is 0 Å². The maximum absolute atomic E-state index is 12.7. The zero-order valence-electron chi connectivity index (χ0n) is 12.0. The number of amides is 1. The van der Waals surface area contributed by atoms with Gasteiger partial charge in [0.2, 0.25) is 0 Å². The summed E-state index contributed by atoms with van der Waals surface area (Å²) >= 11 is 0. The van der Waals surface area contributed by atoms with Gasteiger partial charge in [-0.15, -0.1) is 0 Å². The zero-order chi connectivity index (χ0) is 15.2. The number of carbonyl (C=O) groups is 1. The molecule has 1 aliphatic heterocycles. The van der Waals surface area contributed by atoms with E-state index in [1.165, 1.54) is 12.4 Å². The zero-order valence-corrected chi connectivity index (χ0v) is 12.0. The number of aromatic nitrogens is 2. The average molecular weight is 302 g/mol. The Morgan fingerprint density at radius 1 is 1.52 bits per heavy atom. The van der Waals surface area contributed by atoms with Gasteiger partial charge < -0.3 is 15.0 Å². The molecule has 1 saturated heterocycles. The summed E-state index contributed by atoms with van der Waals surface area (Å²) in [5.41, 5.74) is 0. The summed E-state index contributed by atoms with van der Waals surface area (Å²) in [7, 11) is 0. The molecule has 2 rings (SSSR count). The fourth-order valence-corrected chi connectivity index (χ4v) is 2.38. The van der Waals surface area contributed by atoms with Crippen LogP contribution in [0.1, 0.15) is 32.1 Å². The number of hydrogen-bond acceptors (Lipinski definition) is 4. The van der Waals surface area contributed by atoms with Crippen molar-refractivity contribution in [2.75, 3.05) is 19.7 Å². The first kappa shape index (κ1) is 15.7. The average Bonchev–Trinajstić information content (AvgIpc) is 2.94. The molecule has 1 amide bonds. The van der Waals surface area contributed by atoms with E-state index in [0.717, 1.165) is 17.4 Å². The van der Waals surface area contributed by atoms with E-state index in [0.29, 0.717) is 32.1 Å². The van der Waals surface area contributed by atoms with E-state index in [-0.39, 0.29) is 12.1 Å². The summed E-state index contributed by atoms with van der Waals surface area (Å²) in [6.07, 6.45) is 3.89. The maximum atomic E-state index is 12.7. The molecule has 8 heteroatoms. The second-order valence-electron chi connectivity index (χ2n) is 4.87. The van der Waals surface area contributed by atoms with Gasteiger partial charge in [-0.2, -0.15) is 8.78 Å². The lowest BCUT2D eigenvalue weighted by atomic mass is 10.1. The topological polar surface area (TPSA) is 59.4 Å². The molecule has 0 bridgehead atoms. The summed E-state index contributed by atoms with van der Waals surface area (Å²) in [6.45, 7) is 1.08. The third-order valence-corrected chi connectivity index (χ3v) is 3.53. The van der Waals surface area contributed by atoms with Crippen molar-refractivity contribution in [3.05, 3.63) is 18.2 Å². The van der Waals surface area contributed by atoms with Crippen LogP contribution in [-0.2, 0) is 11.3 Å². The number of hydrogen-bond donors (Lipinski definition) is 1. The lowest BCUT2D eigenvalue weighted by Crippen LogP contribution is -2.45. The number of alkyl halides is 2. The fourth-order valence-electron chi connectivity index (χ4n) is 2.38. The lowest BCUT2D eigenvalue weighted by Gasteiger charge is -2.31. The van der Waals surface area contributed by atoms with Gasteiger partial charge in [0.15, 0.2) is 0 Å². The van der Waals surface area contributed by atoms with E-state index >= 15 is 0 Å². The van der Waals surface area contributed by atoms with Gasteiger partial charge in [0.05, 0.1) is 13.2 Å². The minimum atomic E-state index is -2.57. The minimum absolute atomic E-state index is 0.193. The third-order valence-electron chi connectivity index (χ3n) is 3.53. The number of likely N-dealkylation sites (tertiary alicyclic amines) is 1. The molecule has 1 aromatic heterocycles. The second kappa shape index (κ2) is 7.35. The van der Waals surface area contributed by atoms with Crippen LogP contribution in [0.2, 0.25) is 0 Å². The van der Waals surface area contributed by atoms with Crippen molar-refractivity contribution in [1.82, 2.24) is 19.8 Å². The largest absolute Gasteiger partial charge is 0.450 e. The molecule has 21 heavy (non-hydrogen) atoms. The quantitative estimate of drug-likeness (QED) is 0.903. The second-order valence-corrected chi connectivity index (χ2v) is 4.87. The molecule has 0 aliphatic carbocycles. The highest BCUT2D eigenvalue weighted by Gasteiger charge is 2.23. The number of nitrogens with one attached hydrogen (secondary N) is 1. The van der Waals surface area contributed by atoms with E-state index in [4.69, 9.17) is 4.74 Å². The molecule has 2 heterocycles. The van der Waals surface area contributed by atoms with Crippen molar-refractivity contribution in [2.45, 2.75) is 38.9 Å². The van der Waals surface area contributed by atoms with Gasteiger partial charge >= 0.3 is 12.6 Å². The Morgan fingerprint density at radius 3 is 2.86 bits per heavy atom. The normalized spacial score (nSPS) is 16.5. The van der Waals surface area contributed by atoms with Crippen LogP contribution in [0.15, 0.2) is 12.4 Å². The molecule has 1 fully saturated rings. The van der Waals surface area contributed by atoms with Crippen LogP contribution in [0.5, 0.6) is 0 Å². The molecule has 0 radical (unpaired) electrons. The van der Waals surface area contributed by atoms with Crippen LogP contribution in [0, 0.1) is 0 Å². The molecule has 6 nitrogen and oxygen atoms in total. The summed E-state index contributed by atoms with van der Waals surface area (Å²) in [4.78, 5) is 17.1. The summed E-state index contributed by atoms with van der Waals surface area (Å²) in [6, 6.07) is 0.193. The van der Waals surface area contributed by atoms with E-state index in [2.05, 4.69) is 10.3 Å². The molecule has 0 aromatic carbocycles. The predicted octanol–water partition coefficient (Wildman–Crippen LogP) is 1.99. The van der Waals surface area contributed by atoms with Gasteiger partial charge in [-0.3, -0.25) is 4.57 Å². The van der Waals surface area contributed by atoms with Crippen molar-refractivity contribution in [1.29, 1.82) is 0 Å². The monoisotopic (exact) mass is 302 g/mol. The molecule has 1 aromatic rings. The summed E-state index contributed by atoms with van der Waals surface area (Å²) in [5.74, 6) is 0.317. The summed E-state index contributed by atoms with van der Waals surface area (Å²) < 4.78 is 31.1. The van der Waals surface area contributed by atoms with Gasteiger partial charge in [0.25, 0.3) is 0 Å². The Hall–Kier alpha value is -1.70. The molecule has 118 valence electrons. The third kappa shape index (κ3) is 4.13. The number of halogens is 2. The first-order valence-electron chi connectivity index (χ1n) is 7.06. The Bertz CT molecular complexity index is 459. The van der Waals surface area contributed by atoms with Gasteiger partial charge in [0.1, 0.15) is 5.82 Å². The van der Waals surface area contributed by atoms with Crippen molar-refractivity contribution in [2.24, 2.45) is 0 Å². The maximum Gasteiger partial charge on any atom is 0.409 e. The van der Waals surface area contributed by atoms with Gasteiger partial charge in [-0.05, 0) is 19.8 Å².